The van der Waals surface area contributed by atoms with Gasteiger partial charge in [-0.2, -0.15) is 0 Å². The molecule has 2 aromatic heterocycles. The van der Waals surface area contributed by atoms with E-state index in [1.807, 2.05) is 19.1 Å². The van der Waals surface area contributed by atoms with Gasteiger partial charge in [0.15, 0.2) is 0 Å². The van der Waals surface area contributed by atoms with Crippen molar-refractivity contribution in [3.05, 3.63) is 60.6 Å². The Morgan fingerprint density at radius 2 is 1.96 bits per heavy atom. The van der Waals surface area contributed by atoms with Crippen LogP contribution in [0.15, 0.2) is 59.9 Å². The van der Waals surface area contributed by atoms with Gasteiger partial charge in [0.25, 0.3) is 9.05 Å². The number of rotatable bonds is 4. The Hall–Kier alpha value is -2.51. The van der Waals surface area contributed by atoms with E-state index in [1.54, 1.807) is 30.7 Å². The topological polar surface area (TPSA) is 84.8 Å². The number of halogens is 1. The van der Waals surface area contributed by atoms with E-state index >= 15 is 0 Å². The molecule has 0 fully saturated rings. The van der Waals surface area contributed by atoms with E-state index in [4.69, 9.17) is 10.7 Å². The monoisotopic (exact) mass is 360 g/mol. The molecule has 0 aliphatic rings. The summed E-state index contributed by atoms with van der Waals surface area (Å²) in [7, 11) is 1.60. The Balaban J connectivity index is 1.95. The molecular formula is C16H13ClN4O2S. The van der Waals surface area contributed by atoms with Crippen LogP contribution in [0.1, 0.15) is 5.56 Å². The molecule has 1 aromatic carbocycles. The molecule has 6 nitrogen and oxygen atoms in total. The highest BCUT2D eigenvalue weighted by molar-refractivity contribution is 8.13. The highest BCUT2D eigenvalue weighted by Crippen LogP contribution is 2.25. The second-order valence-corrected chi connectivity index (χ2v) is 7.61. The van der Waals surface area contributed by atoms with Crippen LogP contribution in [0, 0.1) is 6.92 Å². The third-order valence-corrected chi connectivity index (χ3v) is 4.70. The first-order valence-corrected chi connectivity index (χ1v) is 9.30. The molecule has 0 saturated carbocycles. The largest absolute Gasteiger partial charge is 0.324 e. The van der Waals surface area contributed by atoms with E-state index in [1.165, 1.54) is 12.1 Å². The molecule has 0 amide bonds. The van der Waals surface area contributed by atoms with Crippen molar-refractivity contribution in [2.45, 2.75) is 11.8 Å². The van der Waals surface area contributed by atoms with E-state index in [9.17, 15) is 8.42 Å². The molecule has 24 heavy (non-hydrogen) atoms. The van der Waals surface area contributed by atoms with E-state index in [0.717, 1.165) is 11.1 Å². The molecule has 8 heteroatoms. The number of hydrogen-bond donors (Lipinski definition) is 1. The van der Waals surface area contributed by atoms with Crippen LogP contribution in [0.25, 0.3) is 11.3 Å². The number of hydrogen-bond acceptors (Lipinski definition) is 6. The Morgan fingerprint density at radius 1 is 1.12 bits per heavy atom. The smallest absolute Gasteiger partial charge is 0.261 e. The van der Waals surface area contributed by atoms with Crippen LogP contribution in [0.4, 0.5) is 11.6 Å². The number of aromatic nitrogens is 3. The molecule has 0 aliphatic carbocycles. The van der Waals surface area contributed by atoms with E-state index in [0.29, 0.717) is 17.3 Å². The first kappa shape index (κ1) is 16.4. The van der Waals surface area contributed by atoms with Crippen molar-refractivity contribution < 1.29 is 8.42 Å². The van der Waals surface area contributed by atoms with Gasteiger partial charge in [0.1, 0.15) is 0 Å². The molecule has 0 atom stereocenters. The van der Waals surface area contributed by atoms with Crippen LogP contribution >= 0.6 is 10.7 Å². The standard InChI is InChI=1S/C16H13ClN4O2S/c1-11-4-5-13(24(17,22)23)9-15(11)21-16-19-8-6-14(20-16)12-3-2-7-18-10-12/h2-10H,1H3,(H,19,20,21). The number of anilines is 2. The van der Waals surface area contributed by atoms with Crippen molar-refractivity contribution in [1.82, 2.24) is 15.0 Å². The van der Waals surface area contributed by atoms with Gasteiger partial charge in [-0.3, -0.25) is 4.98 Å². The zero-order valence-electron chi connectivity index (χ0n) is 12.6. The molecule has 122 valence electrons. The molecule has 3 rings (SSSR count). The van der Waals surface area contributed by atoms with Crippen LogP contribution < -0.4 is 5.32 Å². The van der Waals surface area contributed by atoms with Gasteiger partial charge in [0, 0.05) is 40.5 Å². The van der Waals surface area contributed by atoms with Crippen molar-refractivity contribution in [2.24, 2.45) is 0 Å². The SMILES string of the molecule is Cc1ccc(S(=O)(=O)Cl)cc1Nc1nccc(-c2cccnc2)n1. The maximum absolute atomic E-state index is 11.5. The predicted octanol–water partition coefficient (Wildman–Crippen LogP) is 3.52. The van der Waals surface area contributed by atoms with Crippen LogP contribution in [-0.2, 0) is 9.05 Å². The first-order chi connectivity index (χ1) is 11.4. The van der Waals surface area contributed by atoms with Crippen molar-refractivity contribution in [1.29, 1.82) is 0 Å². The van der Waals surface area contributed by atoms with Crippen LogP contribution in [0.5, 0.6) is 0 Å². The minimum absolute atomic E-state index is 0.0145. The quantitative estimate of drug-likeness (QED) is 0.716. The fourth-order valence-electron chi connectivity index (χ4n) is 2.10. The van der Waals surface area contributed by atoms with Gasteiger partial charge in [0.05, 0.1) is 10.6 Å². The second kappa shape index (κ2) is 6.54. The number of pyridine rings is 1. The van der Waals surface area contributed by atoms with Gasteiger partial charge in [-0.15, -0.1) is 0 Å². The zero-order chi connectivity index (χ0) is 17.2. The molecular weight excluding hydrogens is 348 g/mol. The lowest BCUT2D eigenvalue weighted by Crippen LogP contribution is -2.01. The highest BCUT2D eigenvalue weighted by Gasteiger charge is 2.12. The number of nitrogens with one attached hydrogen (secondary N) is 1. The zero-order valence-corrected chi connectivity index (χ0v) is 14.2. The third kappa shape index (κ3) is 3.69. The van der Waals surface area contributed by atoms with Crippen molar-refractivity contribution in [3.8, 4) is 11.3 Å². The Kier molecular flexibility index (Phi) is 4.46. The Morgan fingerprint density at radius 3 is 2.67 bits per heavy atom. The van der Waals surface area contributed by atoms with Gasteiger partial charge in [-0.1, -0.05) is 6.07 Å². The number of aryl methyl sites for hydroxylation is 1. The molecule has 0 unspecified atom stereocenters. The molecule has 0 saturated heterocycles. The Bertz CT molecular complexity index is 978. The molecule has 2 heterocycles. The summed E-state index contributed by atoms with van der Waals surface area (Å²) in [6.07, 6.45) is 5.01. The lowest BCUT2D eigenvalue weighted by molar-refractivity contribution is 0.609. The average Bonchev–Trinajstić information content (AvgIpc) is 2.57. The third-order valence-electron chi connectivity index (χ3n) is 3.35. The van der Waals surface area contributed by atoms with Gasteiger partial charge >= 0.3 is 0 Å². The van der Waals surface area contributed by atoms with Crippen molar-refractivity contribution in [2.75, 3.05) is 5.32 Å². The van der Waals surface area contributed by atoms with E-state index < -0.39 is 9.05 Å². The Labute approximate surface area is 144 Å². The minimum atomic E-state index is -3.80. The second-order valence-electron chi connectivity index (χ2n) is 5.05. The van der Waals surface area contributed by atoms with E-state index in [2.05, 4.69) is 20.3 Å². The molecule has 3 aromatic rings. The van der Waals surface area contributed by atoms with E-state index in [-0.39, 0.29) is 4.90 Å². The average molecular weight is 361 g/mol. The number of benzene rings is 1. The van der Waals surface area contributed by atoms with Gasteiger partial charge in [-0.25, -0.2) is 18.4 Å². The van der Waals surface area contributed by atoms with Gasteiger partial charge < -0.3 is 5.32 Å². The molecule has 0 bridgehead atoms. The summed E-state index contributed by atoms with van der Waals surface area (Å²) in [6.45, 7) is 1.85. The number of nitrogens with zero attached hydrogens (tertiary/aromatic N) is 3. The summed E-state index contributed by atoms with van der Waals surface area (Å²) in [5, 5.41) is 3.03. The lowest BCUT2D eigenvalue weighted by Gasteiger charge is -2.10. The summed E-state index contributed by atoms with van der Waals surface area (Å²) in [4.78, 5) is 12.7. The summed E-state index contributed by atoms with van der Waals surface area (Å²) in [5.41, 5.74) is 2.98. The van der Waals surface area contributed by atoms with Crippen LogP contribution in [0.3, 0.4) is 0 Å². The molecule has 0 radical (unpaired) electrons. The van der Waals surface area contributed by atoms with Gasteiger partial charge in [0.2, 0.25) is 5.95 Å². The predicted molar refractivity (Wildman–Crippen MR) is 92.8 cm³/mol. The van der Waals surface area contributed by atoms with Crippen LogP contribution in [-0.4, -0.2) is 23.4 Å². The van der Waals surface area contributed by atoms with Gasteiger partial charge in [-0.05, 0) is 42.8 Å². The maximum Gasteiger partial charge on any atom is 0.261 e. The lowest BCUT2D eigenvalue weighted by atomic mass is 10.2. The fourth-order valence-corrected chi connectivity index (χ4v) is 2.88. The normalized spacial score (nSPS) is 11.2. The highest BCUT2D eigenvalue weighted by atomic mass is 35.7. The van der Waals surface area contributed by atoms with Crippen molar-refractivity contribution >= 4 is 31.4 Å². The molecule has 0 spiro atoms. The fraction of sp³-hybridized carbons (Fsp3) is 0.0625. The maximum atomic E-state index is 11.5. The molecule has 0 aliphatic heterocycles. The van der Waals surface area contributed by atoms with Crippen LogP contribution in [0.2, 0.25) is 0 Å². The summed E-state index contributed by atoms with van der Waals surface area (Å²) >= 11 is 0. The summed E-state index contributed by atoms with van der Waals surface area (Å²) in [5.74, 6) is 0.351. The molecule has 1 N–H and O–H groups in total. The summed E-state index contributed by atoms with van der Waals surface area (Å²) < 4.78 is 23.0. The summed E-state index contributed by atoms with van der Waals surface area (Å²) in [6, 6.07) is 10.1. The van der Waals surface area contributed by atoms with Crippen molar-refractivity contribution in [3.63, 3.8) is 0 Å². The first-order valence-electron chi connectivity index (χ1n) is 6.99. The minimum Gasteiger partial charge on any atom is -0.324 e.